The van der Waals surface area contributed by atoms with E-state index in [4.69, 9.17) is 8.83 Å². The molecule has 0 saturated carbocycles. The minimum atomic E-state index is 0.976. The van der Waals surface area contributed by atoms with E-state index >= 15 is 0 Å². The Morgan fingerprint density at radius 3 is 0.694 bits per heavy atom. The van der Waals surface area contributed by atoms with E-state index in [-0.39, 0.29) is 0 Å². The van der Waals surface area contributed by atoms with E-state index in [0.29, 0.717) is 0 Å². The predicted octanol–water partition coefficient (Wildman–Crippen LogP) is -27.2. The fourth-order valence-corrected chi connectivity index (χ4v) is 12.0. The zero-order chi connectivity index (χ0) is 45.4. The molecule has 62 heavy (non-hydrogen) atoms. The molecular formula is C38H44B22O2. The smallest absolute Gasteiger partial charge is 0.145 e. The van der Waals surface area contributed by atoms with Crippen LogP contribution in [-0.2, 0) is 0 Å². The first-order valence-electron chi connectivity index (χ1n) is 22.8. The SMILES string of the molecule is Bc1c(B)c(B)c(-c2c3c(B)c(B)c(B)c(B)c3c(-c3c(B)c(B)c4c(oc5c(B)c(B)c6oc7c(B)c(B)c(B)c(B)c7c6c54)c3B)c3c(B)c(B)c(B)c(B)c23)c(B)c1B. The molecule has 0 bridgehead atoms. The summed E-state index contributed by atoms with van der Waals surface area (Å²) >= 11 is 0. The number of benzene rings is 7. The van der Waals surface area contributed by atoms with Gasteiger partial charge in [0.2, 0.25) is 0 Å². The van der Waals surface area contributed by atoms with E-state index in [1.807, 2.05) is 0 Å². The summed E-state index contributed by atoms with van der Waals surface area (Å²) in [5, 5.41) is 10.4. The van der Waals surface area contributed by atoms with Crippen molar-refractivity contribution in [2.24, 2.45) is 0 Å². The van der Waals surface area contributed by atoms with Crippen LogP contribution in [0.4, 0.5) is 0 Å². The van der Waals surface area contributed by atoms with Crippen molar-refractivity contribution in [3.63, 3.8) is 0 Å². The summed E-state index contributed by atoms with van der Waals surface area (Å²) in [7, 11) is 51.0. The summed E-state index contributed by atoms with van der Waals surface area (Å²) in [6.07, 6.45) is 0. The van der Waals surface area contributed by atoms with E-state index < -0.39 is 0 Å². The van der Waals surface area contributed by atoms with Gasteiger partial charge in [0.05, 0.1) is 0 Å². The Kier molecular flexibility index (Phi) is 9.99. The highest BCUT2D eigenvalue weighted by Gasteiger charge is 2.31. The van der Waals surface area contributed by atoms with Gasteiger partial charge in [-0.3, -0.25) is 0 Å². The molecule has 2 aromatic heterocycles. The first-order chi connectivity index (χ1) is 29.0. The topological polar surface area (TPSA) is 26.3 Å². The third-order valence-electron chi connectivity index (χ3n) is 17.6. The molecule has 0 fully saturated rings. The van der Waals surface area contributed by atoms with E-state index in [9.17, 15) is 0 Å². The third-order valence-corrected chi connectivity index (χ3v) is 17.6. The molecular weight excluding hydrogens is 726 g/mol. The second-order valence-corrected chi connectivity index (χ2v) is 19.8. The lowest BCUT2D eigenvalue weighted by molar-refractivity contribution is 0.670. The van der Waals surface area contributed by atoms with Gasteiger partial charge in [0.25, 0.3) is 0 Å². The molecule has 274 valence electrons. The predicted molar refractivity (Wildman–Crippen MR) is 347 cm³/mol. The Hall–Kier alpha value is -3.91. The molecule has 0 saturated heterocycles. The van der Waals surface area contributed by atoms with Crippen LogP contribution in [0.15, 0.2) is 8.83 Å². The maximum Gasteiger partial charge on any atom is 0.145 e. The van der Waals surface area contributed by atoms with Crippen molar-refractivity contribution >= 4 is 358 Å². The van der Waals surface area contributed by atoms with E-state index in [1.165, 1.54) is 175 Å². The molecule has 2 nitrogen and oxygen atoms in total. The average molecular weight is 771 g/mol. The van der Waals surface area contributed by atoms with Crippen molar-refractivity contribution in [1.82, 2.24) is 0 Å². The highest BCUT2D eigenvalue weighted by Crippen LogP contribution is 2.41. The zero-order valence-electron chi connectivity index (χ0n) is 41.8. The molecule has 0 aliphatic carbocycles. The van der Waals surface area contributed by atoms with Crippen LogP contribution in [-0.4, -0.2) is 173 Å². The van der Waals surface area contributed by atoms with Crippen molar-refractivity contribution in [2.75, 3.05) is 0 Å². The van der Waals surface area contributed by atoms with Crippen molar-refractivity contribution in [3.05, 3.63) is 0 Å². The van der Waals surface area contributed by atoms with Gasteiger partial charge in [-0.2, -0.15) is 0 Å². The maximum atomic E-state index is 7.38. The number of furan rings is 2. The number of hydrogen-bond donors (Lipinski definition) is 0. The quantitative estimate of drug-likeness (QED) is 0.129. The van der Waals surface area contributed by atoms with Crippen molar-refractivity contribution < 1.29 is 8.83 Å². The van der Waals surface area contributed by atoms with Gasteiger partial charge in [-0.15, -0.1) is 43.7 Å². The Balaban J connectivity index is 1.60. The van der Waals surface area contributed by atoms with Crippen LogP contribution in [0.3, 0.4) is 0 Å². The summed E-state index contributed by atoms with van der Waals surface area (Å²) in [5.41, 5.74) is 38.6. The lowest BCUT2D eigenvalue weighted by Crippen LogP contribution is -2.55. The molecule has 0 amide bonds. The molecule has 0 aliphatic rings. The minimum Gasteiger partial charge on any atom is -0.457 e. The van der Waals surface area contributed by atoms with Gasteiger partial charge in [0.15, 0.2) is 0 Å². The molecule has 24 heteroatoms. The summed E-state index contributed by atoms with van der Waals surface area (Å²) in [4.78, 5) is 0. The van der Waals surface area contributed by atoms with Crippen LogP contribution in [0.5, 0.6) is 0 Å². The molecule has 0 radical (unpaired) electrons. The molecule has 0 unspecified atom stereocenters. The Morgan fingerprint density at radius 2 is 0.339 bits per heavy atom. The van der Waals surface area contributed by atoms with Gasteiger partial charge in [0, 0.05) is 21.5 Å². The molecule has 0 N–H and O–H groups in total. The molecule has 2 heterocycles. The second-order valence-electron chi connectivity index (χ2n) is 19.8. The van der Waals surface area contributed by atoms with Crippen molar-refractivity contribution in [3.8, 4) is 22.3 Å². The summed E-state index contributed by atoms with van der Waals surface area (Å²) < 4.78 is 14.3. The van der Waals surface area contributed by atoms with Gasteiger partial charge in [0.1, 0.15) is 195 Å². The van der Waals surface area contributed by atoms with Crippen LogP contribution in [0.25, 0.3) is 87.7 Å². The number of fused-ring (bicyclic) bond motifs is 9. The van der Waals surface area contributed by atoms with Crippen LogP contribution in [0.1, 0.15) is 0 Å². The van der Waals surface area contributed by atoms with E-state index in [1.54, 1.807) is 0 Å². The minimum absolute atomic E-state index is 0.976. The van der Waals surface area contributed by atoms with Gasteiger partial charge in [-0.05, 0) is 60.2 Å². The maximum absolute atomic E-state index is 7.38. The summed E-state index contributed by atoms with van der Waals surface area (Å²) in [6.45, 7) is 0. The normalized spacial score (nSPS) is 12.0. The lowest BCUT2D eigenvalue weighted by atomic mass is 9.56. The Labute approximate surface area is 387 Å². The van der Waals surface area contributed by atoms with Gasteiger partial charge >= 0.3 is 0 Å². The average Bonchev–Trinajstić information content (AvgIpc) is 3.85. The molecule has 7 aromatic carbocycles. The third kappa shape index (κ3) is 5.25. The molecule has 9 aromatic rings. The standard InChI is InChI=1S/C38H44B22O2/c39-13-3-1(9-18(44)27(53)30(56)28(54)19(9)45)4-6(16(42)26(52)24(50)14(4)40)2(5(3)15(41)25(51)23(13)49)10-17(43)20(46)11-7-8-12-21(47)29(55)31(57)32(58)38(12)62-36(8)34(60)33(59)35(7)61-37(11)22(10)48/h39-60H2. The van der Waals surface area contributed by atoms with Crippen LogP contribution < -0.4 is 120 Å². The Morgan fingerprint density at radius 1 is 0.145 bits per heavy atom. The zero-order valence-corrected chi connectivity index (χ0v) is 41.8. The fourth-order valence-electron chi connectivity index (χ4n) is 12.0. The molecule has 0 atom stereocenters. The van der Waals surface area contributed by atoms with Crippen molar-refractivity contribution in [2.45, 2.75) is 0 Å². The Bertz CT molecular complexity index is 3550. The van der Waals surface area contributed by atoms with Crippen LogP contribution >= 0.6 is 0 Å². The monoisotopic (exact) mass is 775 g/mol. The highest BCUT2D eigenvalue weighted by molar-refractivity contribution is 6.75. The van der Waals surface area contributed by atoms with E-state index in [0.717, 1.165) is 33.3 Å². The highest BCUT2D eigenvalue weighted by atomic mass is 16.3. The number of hydrogen-bond acceptors (Lipinski definition) is 2. The molecule has 0 spiro atoms. The largest absolute Gasteiger partial charge is 0.457 e. The first-order valence-corrected chi connectivity index (χ1v) is 22.8. The van der Waals surface area contributed by atoms with Gasteiger partial charge < -0.3 is 8.83 Å². The molecule has 9 rings (SSSR count). The summed E-state index contributed by atoms with van der Waals surface area (Å²) in [5.74, 6) is 0. The lowest BCUT2D eigenvalue weighted by Gasteiger charge is -2.31. The fraction of sp³-hybridized carbons (Fsp3) is 0. The summed E-state index contributed by atoms with van der Waals surface area (Å²) in [6, 6.07) is 0. The second kappa shape index (κ2) is 14.3. The van der Waals surface area contributed by atoms with Crippen LogP contribution in [0.2, 0.25) is 0 Å². The first kappa shape index (κ1) is 43.3. The van der Waals surface area contributed by atoms with Gasteiger partial charge in [-0.1, -0.05) is 60.1 Å². The van der Waals surface area contributed by atoms with Gasteiger partial charge in [-0.25, -0.2) is 0 Å². The molecule has 0 aliphatic heterocycles. The van der Waals surface area contributed by atoms with Crippen LogP contribution in [0, 0.1) is 0 Å². The number of rotatable bonds is 2. The van der Waals surface area contributed by atoms with E-state index in [2.05, 4.69) is 173 Å². The van der Waals surface area contributed by atoms with Crippen molar-refractivity contribution in [1.29, 1.82) is 0 Å².